The fourth-order valence-electron chi connectivity index (χ4n) is 2.18. The van der Waals surface area contributed by atoms with E-state index in [1.165, 1.54) is 5.56 Å². The van der Waals surface area contributed by atoms with Crippen molar-refractivity contribution in [3.8, 4) is 11.5 Å². The highest BCUT2D eigenvalue weighted by Gasteiger charge is 2.07. The van der Waals surface area contributed by atoms with Gasteiger partial charge >= 0.3 is 0 Å². The molecule has 3 heteroatoms. The number of rotatable bonds is 5. The molecule has 1 atom stereocenters. The molecule has 2 N–H and O–H groups in total. The quantitative estimate of drug-likeness (QED) is 0.829. The van der Waals surface area contributed by atoms with Crippen LogP contribution in [-0.4, -0.2) is 6.04 Å². The third-order valence-electron chi connectivity index (χ3n) is 3.33. The average Bonchev–Trinajstić information content (AvgIpc) is 2.42. The molecule has 2 nitrogen and oxygen atoms in total. The summed E-state index contributed by atoms with van der Waals surface area (Å²) in [5.41, 5.74) is 8.12. The smallest absolute Gasteiger partial charge is 0.128 e. The van der Waals surface area contributed by atoms with Gasteiger partial charge in [0, 0.05) is 11.1 Å². The van der Waals surface area contributed by atoms with Gasteiger partial charge in [0.15, 0.2) is 0 Å². The first kappa shape index (κ1) is 15.9. The Morgan fingerprint density at radius 2 is 1.76 bits per heavy atom. The molecule has 0 aromatic heterocycles. The number of ether oxygens (including phenoxy) is 1. The van der Waals surface area contributed by atoms with Crippen LogP contribution in [0, 0.1) is 0 Å². The van der Waals surface area contributed by atoms with Gasteiger partial charge in [-0.3, -0.25) is 0 Å². The Labute approximate surface area is 131 Å². The zero-order chi connectivity index (χ0) is 15.4. The normalized spacial score (nSPS) is 12.5. The van der Waals surface area contributed by atoms with Gasteiger partial charge in [0.25, 0.3) is 0 Å². The van der Waals surface area contributed by atoms with E-state index in [1.807, 2.05) is 37.3 Å². The second kappa shape index (κ2) is 6.97. The molecular formula is C18H22ClNO. The third kappa shape index (κ3) is 4.48. The van der Waals surface area contributed by atoms with Gasteiger partial charge in [0.1, 0.15) is 11.5 Å². The number of halogens is 1. The first-order valence-electron chi connectivity index (χ1n) is 7.27. The average molecular weight is 304 g/mol. The second-order valence-electron chi connectivity index (χ2n) is 5.76. The lowest BCUT2D eigenvalue weighted by molar-refractivity contribution is 0.481. The highest BCUT2D eigenvalue weighted by Crippen LogP contribution is 2.29. The van der Waals surface area contributed by atoms with Crippen LogP contribution in [0.3, 0.4) is 0 Å². The van der Waals surface area contributed by atoms with Crippen LogP contribution in [0.4, 0.5) is 0 Å². The van der Waals surface area contributed by atoms with Crippen LogP contribution >= 0.6 is 11.6 Å². The van der Waals surface area contributed by atoms with E-state index in [0.29, 0.717) is 10.9 Å². The molecule has 112 valence electrons. The summed E-state index contributed by atoms with van der Waals surface area (Å²) in [6, 6.07) is 14.0. The Kier molecular flexibility index (Phi) is 5.27. The molecule has 2 aromatic rings. The molecule has 0 amide bonds. The van der Waals surface area contributed by atoms with Crippen molar-refractivity contribution in [3.63, 3.8) is 0 Å². The van der Waals surface area contributed by atoms with Crippen molar-refractivity contribution in [2.45, 2.75) is 39.2 Å². The molecule has 0 saturated carbocycles. The maximum Gasteiger partial charge on any atom is 0.128 e. The van der Waals surface area contributed by atoms with Gasteiger partial charge in [-0.1, -0.05) is 43.6 Å². The molecule has 0 aliphatic heterocycles. The Hall–Kier alpha value is -1.51. The molecule has 2 aromatic carbocycles. The molecule has 0 spiro atoms. The topological polar surface area (TPSA) is 35.2 Å². The summed E-state index contributed by atoms with van der Waals surface area (Å²) in [7, 11) is 0. The van der Waals surface area contributed by atoms with Crippen LogP contribution in [0.25, 0.3) is 0 Å². The molecule has 0 saturated heterocycles. The van der Waals surface area contributed by atoms with Crippen LogP contribution < -0.4 is 10.5 Å². The highest BCUT2D eigenvalue weighted by atomic mass is 35.5. The fourth-order valence-corrected chi connectivity index (χ4v) is 2.42. The van der Waals surface area contributed by atoms with Crippen molar-refractivity contribution in [1.82, 2.24) is 0 Å². The van der Waals surface area contributed by atoms with E-state index >= 15 is 0 Å². The summed E-state index contributed by atoms with van der Waals surface area (Å²) in [6.07, 6.45) is 0.766. The molecule has 21 heavy (non-hydrogen) atoms. The molecule has 0 bridgehead atoms. The molecule has 0 heterocycles. The number of benzene rings is 2. The van der Waals surface area contributed by atoms with Crippen LogP contribution in [0.5, 0.6) is 11.5 Å². The fraction of sp³-hybridized carbons (Fsp3) is 0.333. The monoisotopic (exact) mass is 303 g/mol. The maximum absolute atomic E-state index is 6.29. The summed E-state index contributed by atoms with van der Waals surface area (Å²) in [5, 5.41) is 0.699. The predicted octanol–water partition coefficient (Wildman–Crippen LogP) is 5.15. The van der Waals surface area contributed by atoms with E-state index in [-0.39, 0.29) is 6.04 Å². The first-order chi connectivity index (χ1) is 9.95. The molecule has 0 radical (unpaired) electrons. The first-order valence-corrected chi connectivity index (χ1v) is 7.65. The highest BCUT2D eigenvalue weighted by molar-refractivity contribution is 6.31. The zero-order valence-electron chi connectivity index (χ0n) is 12.8. The SMILES string of the molecule is CC(N)Cc1ccc(Oc2cccc(C(C)C)c2)cc1Cl. The van der Waals surface area contributed by atoms with Gasteiger partial charge in [0.05, 0.1) is 0 Å². The standard InChI is InChI=1S/C18H22ClNO/c1-12(2)14-5-4-6-16(10-14)21-17-8-7-15(9-13(3)20)18(19)11-17/h4-8,10-13H,9,20H2,1-3H3. The lowest BCUT2D eigenvalue weighted by atomic mass is 10.0. The minimum Gasteiger partial charge on any atom is -0.457 e. The predicted molar refractivity (Wildman–Crippen MR) is 89.4 cm³/mol. The zero-order valence-corrected chi connectivity index (χ0v) is 13.5. The van der Waals surface area contributed by atoms with Crippen molar-refractivity contribution >= 4 is 11.6 Å². The van der Waals surface area contributed by atoms with E-state index in [1.54, 1.807) is 0 Å². The molecule has 0 aliphatic carbocycles. The minimum atomic E-state index is 0.0944. The molecule has 1 unspecified atom stereocenters. The van der Waals surface area contributed by atoms with E-state index in [4.69, 9.17) is 22.1 Å². The van der Waals surface area contributed by atoms with Gasteiger partial charge < -0.3 is 10.5 Å². The number of hydrogen-bond acceptors (Lipinski definition) is 2. The lowest BCUT2D eigenvalue weighted by Gasteiger charge is -2.12. The van der Waals surface area contributed by atoms with Crippen molar-refractivity contribution in [1.29, 1.82) is 0 Å². The number of hydrogen-bond donors (Lipinski definition) is 1. The summed E-state index contributed by atoms with van der Waals surface area (Å²) >= 11 is 6.29. The van der Waals surface area contributed by atoms with Crippen LogP contribution in [0.1, 0.15) is 37.8 Å². The Morgan fingerprint density at radius 3 is 2.38 bits per heavy atom. The van der Waals surface area contributed by atoms with Gasteiger partial charge in [-0.2, -0.15) is 0 Å². The summed E-state index contributed by atoms with van der Waals surface area (Å²) < 4.78 is 5.89. The molecule has 0 aliphatic rings. The number of nitrogens with two attached hydrogens (primary N) is 1. The summed E-state index contributed by atoms with van der Waals surface area (Å²) in [5.74, 6) is 2.05. The Bertz CT molecular complexity index is 608. The summed E-state index contributed by atoms with van der Waals surface area (Å²) in [4.78, 5) is 0. The Morgan fingerprint density at radius 1 is 1.05 bits per heavy atom. The Balaban J connectivity index is 2.16. The van der Waals surface area contributed by atoms with Crippen LogP contribution in [0.2, 0.25) is 5.02 Å². The van der Waals surface area contributed by atoms with Crippen molar-refractivity contribution in [2.24, 2.45) is 5.73 Å². The van der Waals surface area contributed by atoms with E-state index in [2.05, 4.69) is 26.0 Å². The third-order valence-corrected chi connectivity index (χ3v) is 3.68. The van der Waals surface area contributed by atoms with Gasteiger partial charge in [-0.25, -0.2) is 0 Å². The molecule has 2 rings (SSSR count). The van der Waals surface area contributed by atoms with Crippen molar-refractivity contribution in [3.05, 3.63) is 58.6 Å². The maximum atomic E-state index is 6.29. The summed E-state index contributed by atoms with van der Waals surface area (Å²) in [6.45, 7) is 6.30. The van der Waals surface area contributed by atoms with Crippen LogP contribution in [-0.2, 0) is 6.42 Å². The van der Waals surface area contributed by atoms with Crippen LogP contribution in [0.15, 0.2) is 42.5 Å². The van der Waals surface area contributed by atoms with Gasteiger partial charge in [0.2, 0.25) is 0 Å². The van der Waals surface area contributed by atoms with Crippen molar-refractivity contribution in [2.75, 3.05) is 0 Å². The van der Waals surface area contributed by atoms with E-state index in [0.717, 1.165) is 23.5 Å². The minimum absolute atomic E-state index is 0.0944. The van der Waals surface area contributed by atoms with Gasteiger partial charge in [-0.15, -0.1) is 0 Å². The molecular weight excluding hydrogens is 282 g/mol. The second-order valence-corrected chi connectivity index (χ2v) is 6.17. The van der Waals surface area contributed by atoms with Crippen molar-refractivity contribution < 1.29 is 4.74 Å². The van der Waals surface area contributed by atoms with Gasteiger partial charge in [-0.05, 0) is 54.7 Å². The lowest BCUT2D eigenvalue weighted by Crippen LogP contribution is -2.17. The largest absolute Gasteiger partial charge is 0.457 e. The molecule has 0 fully saturated rings. The van der Waals surface area contributed by atoms with E-state index in [9.17, 15) is 0 Å². The van der Waals surface area contributed by atoms with E-state index < -0.39 is 0 Å².